The number of hydrogen-bond acceptors (Lipinski definition) is 5. The molecule has 3 rings (SSSR count). The van der Waals surface area contributed by atoms with Crippen LogP contribution in [0.1, 0.15) is 70.3 Å². The maximum atomic E-state index is 13.3. The van der Waals surface area contributed by atoms with E-state index in [0.717, 1.165) is 60.2 Å². The van der Waals surface area contributed by atoms with Crippen LogP contribution in [0, 0.1) is 13.8 Å². The average molecular weight is 531 g/mol. The fourth-order valence-corrected chi connectivity index (χ4v) is 4.69. The van der Waals surface area contributed by atoms with E-state index in [9.17, 15) is 9.59 Å². The molecule has 8 heteroatoms. The summed E-state index contributed by atoms with van der Waals surface area (Å²) in [4.78, 5) is 32.5. The molecule has 0 radical (unpaired) electrons. The standard InChI is InChI=1S/C31H42N6O2/c1-8-11-25(28-18-33-36-22(28)6)15-26(20(3)4)14-24(9-2)31(39)35-29-16-27(17-32-23(29)7)34-30(38)19-37-13-10-12-21(37)5/h9,14-18,21H,3,8,10-13,19H2,1-2,4-7H3,(H,33,36)(H,34,38)(H,35,39)/b24-9?,25-15+,26-14-. The first-order chi connectivity index (χ1) is 18.6. The zero-order valence-electron chi connectivity index (χ0n) is 24.1. The van der Waals surface area contributed by atoms with Gasteiger partial charge < -0.3 is 10.6 Å². The summed E-state index contributed by atoms with van der Waals surface area (Å²) in [6.07, 6.45) is 13.3. The molecule has 0 saturated carbocycles. The highest BCUT2D eigenvalue weighted by Gasteiger charge is 2.22. The van der Waals surface area contributed by atoms with Crippen LogP contribution in [0.4, 0.5) is 11.4 Å². The second kappa shape index (κ2) is 13.8. The summed E-state index contributed by atoms with van der Waals surface area (Å²) in [7, 11) is 0. The normalized spacial score (nSPS) is 16.9. The molecule has 1 unspecified atom stereocenters. The number of H-pyrrole nitrogens is 1. The van der Waals surface area contributed by atoms with Crippen LogP contribution in [-0.4, -0.2) is 51.0 Å². The summed E-state index contributed by atoms with van der Waals surface area (Å²) in [6.45, 7) is 17.3. The highest BCUT2D eigenvalue weighted by Crippen LogP contribution is 2.27. The molecule has 0 aromatic carbocycles. The molecule has 39 heavy (non-hydrogen) atoms. The summed E-state index contributed by atoms with van der Waals surface area (Å²) in [6, 6.07) is 2.16. The zero-order chi connectivity index (χ0) is 28.5. The minimum Gasteiger partial charge on any atom is -0.324 e. The van der Waals surface area contributed by atoms with Crippen LogP contribution in [0.5, 0.6) is 0 Å². The molecule has 0 aliphatic carbocycles. The lowest BCUT2D eigenvalue weighted by Gasteiger charge is -2.20. The Bertz CT molecular complexity index is 1300. The van der Waals surface area contributed by atoms with Crippen molar-refractivity contribution in [2.45, 2.75) is 73.3 Å². The summed E-state index contributed by atoms with van der Waals surface area (Å²) in [5, 5.41) is 13.1. The van der Waals surface area contributed by atoms with Crippen molar-refractivity contribution in [2.24, 2.45) is 0 Å². The first-order valence-corrected chi connectivity index (χ1v) is 13.7. The van der Waals surface area contributed by atoms with Crippen LogP contribution in [0.15, 0.2) is 60.0 Å². The monoisotopic (exact) mass is 530 g/mol. The van der Waals surface area contributed by atoms with Gasteiger partial charge in [-0.2, -0.15) is 5.10 Å². The third kappa shape index (κ3) is 8.10. The second-order valence-electron chi connectivity index (χ2n) is 10.3. The molecule has 1 aliphatic heterocycles. The summed E-state index contributed by atoms with van der Waals surface area (Å²) >= 11 is 0. The molecule has 3 heterocycles. The summed E-state index contributed by atoms with van der Waals surface area (Å²) in [5.41, 5.74) is 7.20. The van der Waals surface area contributed by atoms with Gasteiger partial charge in [-0.25, -0.2) is 0 Å². The minimum absolute atomic E-state index is 0.0858. The van der Waals surface area contributed by atoms with Gasteiger partial charge in [-0.3, -0.25) is 24.6 Å². The maximum Gasteiger partial charge on any atom is 0.255 e. The Morgan fingerprint density at radius 3 is 2.56 bits per heavy atom. The number of pyridine rings is 1. The molecule has 1 aliphatic rings. The Labute approximate surface area is 232 Å². The average Bonchev–Trinajstić information content (AvgIpc) is 3.50. The van der Waals surface area contributed by atoms with Crippen LogP contribution in [0.25, 0.3) is 5.57 Å². The van der Waals surface area contributed by atoms with Crippen LogP contribution < -0.4 is 10.6 Å². The number of aromatic amines is 1. The van der Waals surface area contributed by atoms with Gasteiger partial charge in [0.05, 0.1) is 36.0 Å². The fraction of sp³-hybridized carbons (Fsp3) is 0.419. The summed E-state index contributed by atoms with van der Waals surface area (Å²) in [5.74, 6) is -0.349. The molecule has 1 atom stereocenters. The van der Waals surface area contributed by atoms with Crippen molar-refractivity contribution in [2.75, 3.05) is 23.7 Å². The molecule has 1 fully saturated rings. The van der Waals surface area contributed by atoms with Crippen molar-refractivity contribution in [1.82, 2.24) is 20.1 Å². The number of allylic oxidation sites excluding steroid dienone is 5. The Balaban J connectivity index is 1.79. The van der Waals surface area contributed by atoms with Gasteiger partial charge in [0.2, 0.25) is 5.91 Å². The van der Waals surface area contributed by atoms with Crippen molar-refractivity contribution >= 4 is 28.8 Å². The van der Waals surface area contributed by atoms with Crippen LogP contribution in [0.2, 0.25) is 0 Å². The number of likely N-dealkylation sites (tertiary alicyclic amines) is 1. The smallest absolute Gasteiger partial charge is 0.255 e. The molecule has 8 nitrogen and oxygen atoms in total. The lowest BCUT2D eigenvalue weighted by Crippen LogP contribution is -2.35. The highest BCUT2D eigenvalue weighted by atomic mass is 16.2. The number of aryl methyl sites for hydroxylation is 2. The molecule has 208 valence electrons. The number of nitrogens with one attached hydrogen (secondary N) is 3. The quantitative estimate of drug-likeness (QED) is 0.240. The van der Waals surface area contributed by atoms with E-state index in [1.807, 2.05) is 40.0 Å². The van der Waals surface area contributed by atoms with Gasteiger partial charge in [0.15, 0.2) is 0 Å². The fourth-order valence-electron chi connectivity index (χ4n) is 4.69. The van der Waals surface area contributed by atoms with Crippen molar-refractivity contribution < 1.29 is 9.59 Å². The van der Waals surface area contributed by atoms with Crippen molar-refractivity contribution in [3.05, 3.63) is 76.9 Å². The predicted octanol–water partition coefficient (Wildman–Crippen LogP) is 6.12. The minimum atomic E-state index is -0.263. The number of carbonyl (C=O) groups excluding carboxylic acids is 2. The third-order valence-electron chi connectivity index (χ3n) is 7.06. The van der Waals surface area contributed by atoms with Gasteiger partial charge in [0.25, 0.3) is 5.91 Å². The molecular weight excluding hydrogens is 488 g/mol. The van der Waals surface area contributed by atoms with Gasteiger partial charge >= 0.3 is 0 Å². The van der Waals surface area contributed by atoms with Gasteiger partial charge in [0, 0.05) is 22.9 Å². The number of carbonyl (C=O) groups is 2. The molecule has 0 bridgehead atoms. The van der Waals surface area contributed by atoms with E-state index < -0.39 is 0 Å². The lowest BCUT2D eigenvalue weighted by atomic mass is 9.96. The van der Waals surface area contributed by atoms with Crippen LogP contribution >= 0.6 is 0 Å². The molecule has 1 saturated heterocycles. The lowest BCUT2D eigenvalue weighted by molar-refractivity contribution is -0.117. The van der Waals surface area contributed by atoms with E-state index in [2.05, 4.69) is 57.2 Å². The van der Waals surface area contributed by atoms with Crippen LogP contribution in [0.3, 0.4) is 0 Å². The molecule has 3 N–H and O–H groups in total. The molecule has 2 aromatic heterocycles. The second-order valence-corrected chi connectivity index (χ2v) is 10.3. The number of hydrogen-bond donors (Lipinski definition) is 3. The number of amides is 2. The maximum absolute atomic E-state index is 13.3. The first kappa shape index (κ1) is 29.8. The topological polar surface area (TPSA) is 103 Å². The van der Waals surface area contributed by atoms with Crippen LogP contribution in [-0.2, 0) is 9.59 Å². The Hall–Kier alpha value is -3.78. The molecular formula is C31H42N6O2. The Morgan fingerprint density at radius 2 is 1.97 bits per heavy atom. The van der Waals surface area contributed by atoms with E-state index in [-0.39, 0.29) is 11.8 Å². The van der Waals surface area contributed by atoms with Crippen molar-refractivity contribution in [3.8, 4) is 0 Å². The number of aromatic nitrogens is 3. The highest BCUT2D eigenvalue weighted by molar-refractivity contribution is 6.06. The van der Waals surface area contributed by atoms with Gasteiger partial charge in [-0.05, 0) is 83.7 Å². The van der Waals surface area contributed by atoms with Crippen molar-refractivity contribution in [3.63, 3.8) is 0 Å². The van der Waals surface area contributed by atoms with Gasteiger partial charge in [-0.1, -0.05) is 37.6 Å². The third-order valence-corrected chi connectivity index (χ3v) is 7.06. The van der Waals surface area contributed by atoms with E-state index in [4.69, 9.17) is 0 Å². The van der Waals surface area contributed by atoms with E-state index in [0.29, 0.717) is 35.2 Å². The van der Waals surface area contributed by atoms with E-state index >= 15 is 0 Å². The Morgan fingerprint density at radius 1 is 1.21 bits per heavy atom. The molecule has 0 spiro atoms. The largest absolute Gasteiger partial charge is 0.324 e. The zero-order valence-corrected chi connectivity index (χ0v) is 24.1. The number of nitrogens with zero attached hydrogens (tertiary/aromatic N) is 3. The number of anilines is 2. The Kier molecular flexibility index (Phi) is 10.6. The van der Waals surface area contributed by atoms with Crippen molar-refractivity contribution in [1.29, 1.82) is 0 Å². The molecule has 2 aromatic rings. The van der Waals surface area contributed by atoms with Gasteiger partial charge in [-0.15, -0.1) is 0 Å². The SMILES string of the molecule is C=C(C)C(=C\C(=CC)C(=O)Nc1cc(NC(=O)CN2CCCC2C)cnc1C)/C=C(\CCC)c1cn[nH]c1C. The van der Waals surface area contributed by atoms with E-state index in [1.54, 1.807) is 18.3 Å². The van der Waals surface area contributed by atoms with E-state index in [1.165, 1.54) is 0 Å². The predicted molar refractivity (Wildman–Crippen MR) is 159 cm³/mol. The first-order valence-electron chi connectivity index (χ1n) is 13.7. The number of rotatable bonds is 11. The van der Waals surface area contributed by atoms with Gasteiger partial charge in [0.1, 0.15) is 0 Å². The summed E-state index contributed by atoms with van der Waals surface area (Å²) < 4.78 is 0. The molecule has 2 amide bonds.